The minimum absolute atomic E-state index is 0.252. The monoisotopic (exact) mass is 263 g/mol. The first-order valence-electron chi connectivity index (χ1n) is 6.96. The highest BCUT2D eigenvalue weighted by Gasteiger charge is 2.31. The summed E-state index contributed by atoms with van der Waals surface area (Å²) >= 11 is 0. The number of anilines is 1. The molecule has 19 heavy (non-hydrogen) atoms. The number of hydrogen-bond donors (Lipinski definition) is 1. The molecule has 3 rings (SSSR count). The number of pyridine rings is 1. The fourth-order valence-electron chi connectivity index (χ4n) is 2.85. The molecule has 2 fully saturated rings. The molecule has 2 saturated heterocycles. The summed E-state index contributed by atoms with van der Waals surface area (Å²) in [7, 11) is 1.63. The van der Waals surface area contributed by atoms with Crippen LogP contribution in [0.2, 0.25) is 0 Å². The van der Waals surface area contributed by atoms with Crippen LogP contribution in [0.1, 0.15) is 12.8 Å². The van der Waals surface area contributed by atoms with E-state index in [1.54, 1.807) is 7.11 Å². The molecule has 0 spiro atoms. The highest BCUT2D eigenvalue weighted by atomic mass is 16.5. The van der Waals surface area contributed by atoms with Gasteiger partial charge in [0.05, 0.1) is 19.8 Å². The van der Waals surface area contributed by atoms with Crippen molar-refractivity contribution in [2.75, 3.05) is 38.7 Å². The van der Waals surface area contributed by atoms with Gasteiger partial charge in [0.1, 0.15) is 5.82 Å². The first-order valence-corrected chi connectivity index (χ1v) is 6.96. The maximum atomic E-state index is 5.91. The molecule has 1 aromatic rings. The number of rotatable bonds is 4. The third kappa shape index (κ3) is 2.98. The van der Waals surface area contributed by atoms with Gasteiger partial charge in [0.2, 0.25) is 5.88 Å². The van der Waals surface area contributed by atoms with Crippen molar-refractivity contribution >= 4 is 5.82 Å². The van der Waals surface area contributed by atoms with Gasteiger partial charge in [0, 0.05) is 25.2 Å². The molecule has 1 N–H and O–H groups in total. The van der Waals surface area contributed by atoms with Crippen molar-refractivity contribution in [3.63, 3.8) is 0 Å². The molecule has 0 saturated carbocycles. The van der Waals surface area contributed by atoms with E-state index in [-0.39, 0.29) is 6.10 Å². The molecule has 5 nitrogen and oxygen atoms in total. The Labute approximate surface area is 113 Å². The molecule has 1 aromatic heterocycles. The van der Waals surface area contributed by atoms with Crippen molar-refractivity contribution in [2.24, 2.45) is 0 Å². The lowest BCUT2D eigenvalue weighted by atomic mass is 10.2. The lowest BCUT2D eigenvalue weighted by Gasteiger charge is -2.35. The van der Waals surface area contributed by atoms with Crippen LogP contribution in [-0.2, 0) is 4.74 Å². The largest absolute Gasteiger partial charge is 0.481 e. The van der Waals surface area contributed by atoms with Crippen molar-refractivity contribution in [1.82, 2.24) is 9.88 Å². The predicted octanol–water partition coefficient (Wildman–Crippen LogP) is 1.37. The third-order valence-corrected chi connectivity index (χ3v) is 3.91. The van der Waals surface area contributed by atoms with Crippen LogP contribution in [0.4, 0.5) is 5.82 Å². The van der Waals surface area contributed by atoms with Crippen molar-refractivity contribution in [2.45, 2.75) is 25.0 Å². The fraction of sp³-hybridized carbons (Fsp3) is 0.643. The van der Waals surface area contributed by atoms with E-state index in [2.05, 4.69) is 15.2 Å². The van der Waals surface area contributed by atoms with E-state index in [9.17, 15) is 0 Å². The van der Waals surface area contributed by atoms with Gasteiger partial charge in [-0.1, -0.05) is 6.07 Å². The first kappa shape index (κ1) is 12.7. The Balaban J connectivity index is 1.51. The van der Waals surface area contributed by atoms with Gasteiger partial charge in [-0.25, -0.2) is 0 Å². The maximum absolute atomic E-state index is 5.91. The Bertz CT molecular complexity index is 427. The van der Waals surface area contributed by atoms with Crippen LogP contribution >= 0.6 is 0 Å². The van der Waals surface area contributed by atoms with Crippen molar-refractivity contribution in [3.05, 3.63) is 18.2 Å². The number of nitrogens with one attached hydrogen (secondary N) is 1. The number of aromatic nitrogens is 1. The highest BCUT2D eigenvalue weighted by Crippen LogP contribution is 2.22. The number of fused-ring (bicyclic) bond motifs is 1. The molecule has 0 bridgehead atoms. The molecule has 0 aromatic carbocycles. The Kier molecular flexibility index (Phi) is 3.84. The Morgan fingerprint density at radius 1 is 1.53 bits per heavy atom. The number of nitrogens with zero attached hydrogens (tertiary/aromatic N) is 2. The van der Waals surface area contributed by atoms with Gasteiger partial charge in [-0.3, -0.25) is 4.90 Å². The molecule has 2 aliphatic rings. The Hall–Kier alpha value is -1.33. The molecule has 3 heterocycles. The SMILES string of the molecule is COc1cccc(NCC2CN3CCCC3CO2)n1. The molecular weight excluding hydrogens is 242 g/mol. The first-order chi connectivity index (χ1) is 9.35. The normalized spacial score (nSPS) is 27.0. The average molecular weight is 263 g/mol. The number of ether oxygens (including phenoxy) is 2. The van der Waals surface area contributed by atoms with Crippen LogP contribution in [0, 0.1) is 0 Å². The second kappa shape index (κ2) is 5.75. The lowest BCUT2D eigenvalue weighted by molar-refractivity contribution is -0.0416. The molecule has 2 unspecified atom stereocenters. The van der Waals surface area contributed by atoms with Gasteiger partial charge >= 0.3 is 0 Å². The molecule has 104 valence electrons. The summed E-state index contributed by atoms with van der Waals surface area (Å²) in [5.74, 6) is 1.47. The van der Waals surface area contributed by atoms with Crippen LogP contribution in [0.5, 0.6) is 5.88 Å². The number of morpholine rings is 1. The van der Waals surface area contributed by atoms with Gasteiger partial charge in [-0.05, 0) is 25.5 Å². The second-order valence-electron chi connectivity index (χ2n) is 5.19. The van der Waals surface area contributed by atoms with E-state index in [4.69, 9.17) is 9.47 Å². The summed E-state index contributed by atoms with van der Waals surface area (Å²) in [6, 6.07) is 6.39. The van der Waals surface area contributed by atoms with Crippen molar-refractivity contribution in [3.8, 4) is 5.88 Å². The third-order valence-electron chi connectivity index (χ3n) is 3.91. The topological polar surface area (TPSA) is 46.6 Å². The highest BCUT2D eigenvalue weighted by molar-refractivity contribution is 5.37. The van der Waals surface area contributed by atoms with E-state index in [1.165, 1.54) is 19.4 Å². The van der Waals surface area contributed by atoms with Crippen LogP contribution < -0.4 is 10.1 Å². The Morgan fingerprint density at radius 3 is 3.37 bits per heavy atom. The standard InChI is InChI=1S/C14H21N3O2/c1-18-14-6-2-5-13(16-14)15-8-12-9-17-7-3-4-11(17)10-19-12/h2,5-6,11-12H,3-4,7-10H2,1H3,(H,15,16). The number of methoxy groups -OCH3 is 1. The summed E-state index contributed by atoms with van der Waals surface area (Å²) in [6.07, 6.45) is 2.85. The predicted molar refractivity (Wildman–Crippen MR) is 73.6 cm³/mol. The van der Waals surface area contributed by atoms with Gasteiger partial charge < -0.3 is 14.8 Å². The van der Waals surface area contributed by atoms with Gasteiger partial charge in [-0.2, -0.15) is 4.98 Å². The zero-order valence-electron chi connectivity index (χ0n) is 11.3. The zero-order valence-corrected chi connectivity index (χ0v) is 11.3. The summed E-state index contributed by atoms with van der Waals surface area (Å²) in [5.41, 5.74) is 0. The molecule has 0 amide bonds. The molecule has 5 heteroatoms. The Morgan fingerprint density at radius 2 is 2.47 bits per heavy atom. The average Bonchev–Trinajstić information content (AvgIpc) is 2.93. The number of hydrogen-bond acceptors (Lipinski definition) is 5. The molecule has 2 aliphatic heterocycles. The van der Waals surface area contributed by atoms with E-state index in [0.29, 0.717) is 11.9 Å². The summed E-state index contributed by atoms with van der Waals surface area (Å²) in [6.45, 7) is 3.92. The molecular formula is C14H21N3O2. The molecule has 0 radical (unpaired) electrons. The molecule has 0 aliphatic carbocycles. The quantitative estimate of drug-likeness (QED) is 0.889. The zero-order chi connectivity index (χ0) is 13.1. The van der Waals surface area contributed by atoms with E-state index < -0.39 is 0 Å². The maximum Gasteiger partial charge on any atom is 0.214 e. The van der Waals surface area contributed by atoms with Crippen LogP contribution in [0.25, 0.3) is 0 Å². The summed E-state index contributed by atoms with van der Waals surface area (Å²) in [5, 5.41) is 3.33. The fourth-order valence-corrected chi connectivity index (χ4v) is 2.85. The van der Waals surface area contributed by atoms with Crippen LogP contribution in [-0.4, -0.2) is 55.4 Å². The summed E-state index contributed by atoms with van der Waals surface area (Å²) < 4.78 is 11.0. The van der Waals surface area contributed by atoms with E-state index >= 15 is 0 Å². The van der Waals surface area contributed by atoms with Crippen LogP contribution in [0.15, 0.2) is 18.2 Å². The van der Waals surface area contributed by atoms with Gasteiger partial charge in [-0.15, -0.1) is 0 Å². The minimum Gasteiger partial charge on any atom is -0.481 e. The van der Waals surface area contributed by atoms with Crippen LogP contribution in [0.3, 0.4) is 0 Å². The van der Waals surface area contributed by atoms with E-state index in [1.807, 2.05) is 18.2 Å². The van der Waals surface area contributed by atoms with Gasteiger partial charge in [0.15, 0.2) is 0 Å². The van der Waals surface area contributed by atoms with Crippen molar-refractivity contribution in [1.29, 1.82) is 0 Å². The molecule has 2 atom stereocenters. The van der Waals surface area contributed by atoms with E-state index in [0.717, 1.165) is 25.5 Å². The second-order valence-corrected chi connectivity index (χ2v) is 5.19. The summed E-state index contributed by atoms with van der Waals surface area (Å²) in [4.78, 5) is 6.89. The van der Waals surface area contributed by atoms with Gasteiger partial charge in [0.25, 0.3) is 0 Å². The smallest absolute Gasteiger partial charge is 0.214 e. The minimum atomic E-state index is 0.252. The van der Waals surface area contributed by atoms with Crippen molar-refractivity contribution < 1.29 is 9.47 Å². The lowest BCUT2D eigenvalue weighted by Crippen LogP contribution is -2.48.